The Morgan fingerprint density at radius 3 is 2.40 bits per heavy atom. The van der Waals surface area contributed by atoms with Crippen LogP contribution in [0.4, 0.5) is 3.89 Å². The normalized spacial score (nSPS) is 13.0. The fourth-order valence-electron chi connectivity index (χ4n) is 1.88. The van der Waals surface area contributed by atoms with Gasteiger partial charge in [0.05, 0.1) is 12.1 Å². The minimum Gasteiger partial charge on any atom is -0.391 e. The number of rotatable bonds is 8. The zero-order valence-corrected chi connectivity index (χ0v) is 13.4. The number of hydrogen-bond donors (Lipinski definition) is 2. The van der Waals surface area contributed by atoms with Crippen LogP contribution in [-0.4, -0.2) is 13.1 Å². The van der Waals surface area contributed by atoms with Crippen LogP contribution in [0.15, 0.2) is 37.0 Å². The van der Waals surface area contributed by atoms with Crippen molar-refractivity contribution in [3.63, 3.8) is 0 Å². The van der Waals surface area contributed by atoms with Gasteiger partial charge in [-0.1, -0.05) is 51.6 Å². The molecule has 1 aromatic carbocycles. The Morgan fingerprint density at radius 2 is 1.90 bits per heavy atom. The van der Waals surface area contributed by atoms with Gasteiger partial charge in [-0.3, -0.25) is 5.32 Å². The van der Waals surface area contributed by atoms with Crippen LogP contribution in [0.1, 0.15) is 43.7 Å². The molecule has 112 valence electrons. The molecule has 0 fully saturated rings. The lowest BCUT2D eigenvalue weighted by atomic mass is 9.87. The van der Waals surface area contributed by atoms with Gasteiger partial charge in [-0.05, 0) is 35.7 Å². The summed E-state index contributed by atoms with van der Waals surface area (Å²) in [5.41, 5.74) is 2.36. The Balaban J connectivity index is 2.54. The van der Waals surface area contributed by atoms with E-state index in [1.165, 1.54) is 5.56 Å². The molecule has 0 aliphatic rings. The van der Waals surface area contributed by atoms with Crippen molar-refractivity contribution in [1.29, 1.82) is 0 Å². The third-order valence-electron chi connectivity index (χ3n) is 3.14. The van der Waals surface area contributed by atoms with Crippen LogP contribution in [0.5, 0.6) is 0 Å². The predicted molar refractivity (Wildman–Crippen MR) is 87.4 cm³/mol. The van der Waals surface area contributed by atoms with E-state index in [-0.39, 0.29) is 10.8 Å². The van der Waals surface area contributed by atoms with Crippen LogP contribution >= 0.6 is 12.1 Å². The first-order chi connectivity index (χ1) is 9.49. The minimum absolute atomic E-state index is 0.126. The number of benzene rings is 1. The highest BCUT2D eigenvalue weighted by molar-refractivity contribution is 7.94. The van der Waals surface area contributed by atoms with Crippen LogP contribution in [0.2, 0.25) is 0 Å². The molecule has 0 radical (unpaired) electrons. The molecule has 1 rings (SSSR count). The second-order valence-electron chi connectivity index (χ2n) is 5.81. The van der Waals surface area contributed by atoms with Crippen molar-refractivity contribution in [3.05, 3.63) is 48.2 Å². The maximum Gasteiger partial charge on any atom is 0.111 e. The van der Waals surface area contributed by atoms with Crippen molar-refractivity contribution in [1.82, 2.24) is 10.6 Å². The summed E-state index contributed by atoms with van der Waals surface area (Å²) in [7, 11) is 0. The Morgan fingerprint density at radius 1 is 1.25 bits per heavy atom. The third-order valence-corrected chi connectivity index (χ3v) is 3.76. The Kier molecular flexibility index (Phi) is 7.10. The molecule has 0 spiro atoms. The van der Waals surface area contributed by atoms with Gasteiger partial charge in [-0.2, -0.15) is 3.89 Å². The summed E-state index contributed by atoms with van der Waals surface area (Å²) in [4.78, 5) is 0. The average molecular weight is 296 g/mol. The lowest BCUT2D eigenvalue weighted by molar-refractivity contribution is 0.588. The summed E-state index contributed by atoms with van der Waals surface area (Å²) in [5.74, 6) is 0. The summed E-state index contributed by atoms with van der Waals surface area (Å²) in [6, 6.07) is 8.18. The van der Waals surface area contributed by atoms with Gasteiger partial charge in [0.25, 0.3) is 0 Å². The van der Waals surface area contributed by atoms with E-state index in [0.717, 1.165) is 25.1 Å². The highest BCUT2D eigenvalue weighted by atomic mass is 32.2. The number of hydrogen-bond acceptors (Lipinski definition) is 3. The molecule has 20 heavy (non-hydrogen) atoms. The zero-order chi connectivity index (χ0) is 15.0. The smallest absolute Gasteiger partial charge is 0.111 e. The Labute approximate surface area is 126 Å². The van der Waals surface area contributed by atoms with Gasteiger partial charge in [0, 0.05) is 6.54 Å². The maximum absolute atomic E-state index is 13.1. The molecule has 0 saturated heterocycles. The first-order valence-electron chi connectivity index (χ1n) is 6.94. The molecule has 0 aliphatic heterocycles. The van der Waals surface area contributed by atoms with E-state index in [2.05, 4.69) is 50.1 Å². The summed E-state index contributed by atoms with van der Waals surface area (Å²) in [6.45, 7) is 11.7. The molecule has 2 nitrogen and oxygen atoms in total. The molecule has 0 saturated carbocycles. The Hall–Kier alpha value is -1.00. The largest absolute Gasteiger partial charge is 0.391 e. The van der Waals surface area contributed by atoms with Crippen LogP contribution in [0.25, 0.3) is 0 Å². The van der Waals surface area contributed by atoms with Crippen molar-refractivity contribution in [2.45, 2.75) is 38.0 Å². The van der Waals surface area contributed by atoms with Gasteiger partial charge >= 0.3 is 0 Å². The summed E-state index contributed by atoms with van der Waals surface area (Å²) < 4.78 is 13.1. The van der Waals surface area contributed by atoms with Crippen molar-refractivity contribution < 1.29 is 3.89 Å². The van der Waals surface area contributed by atoms with E-state index in [1.807, 2.05) is 12.1 Å². The molecular formula is C16H25FN2S. The molecule has 0 amide bonds. The average Bonchev–Trinajstić information content (AvgIpc) is 2.42. The SMILES string of the molecule is C=CNCCCNC(SF)c1ccc(C(C)(C)C)cc1. The van der Waals surface area contributed by atoms with E-state index in [0.29, 0.717) is 12.1 Å². The Bertz CT molecular complexity index is 398. The lowest BCUT2D eigenvalue weighted by Crippen LogP contribution is -2.22. The van der Waals surface area contributed by atoms with Crippen LogP contribution in [-0.2, 0) is 5.41 Å². The molecular weight excluding hydrogens is 271 g/mol. The van der Waals surface area contributed by atoms with Crippen molar-refractivity contribution in [2.75, 3.05) is 13.1 Å². The predicted octanol–water partition coefficient (Wildman–Crippen LogP) is 4.31. The standard InChI is InChI=1S/C16H25FN2S/c1-5-18-11-6-12-19-15(20-17)13-7-9-14(10-8-13)16(2,3)4/h5,7-10,15,18-19H,1,6,11-12H2,2-4H3. The van der Waals surface area contributed by atoms with Crippen LogP contribution in [0, 0.1) is 0 Å². The second kappa shape index (κ2) is 8.32. The van der Waals surface area contributed by atoms with E-state index in [1.54, 1.807) is 6.20 Å². The van der Waals surface area contributed by atoms with E-state index >= 15 is 0 Å². The fraction of sp³-hybridized carbons (Fsp3) is 0.500. The topological polar surface area (TPSA) is 24.1 Å². The molecule has 0 aliphatic carbocycles. The minimum atomic E-state index is -0.298. The summed E-state index contributed by atoms with van der Waals surface area (Å²) in [6.07, 6.45) is 2.61. The van der Waals surface area contributed by atoms with Gasteiger partial charge in [-0.15, -0.1) is 0 Å². The van der Waals surface area contributed by atoms with Crippen LogP contribution in [0.3, 0.4) is 0 Å². The molecule has 0 aromatic heterocycles. The number of nitrogens with one attached hydrogen (secondary N) is 2. The van der Waals surface area contributed by atoms with Gasteiger partial charge in [-0.25, -0.2) is 0 Å². The van der Waals surface area contributed by atoms with Gasteiger partial charge in [0.1, 0.15) is 5.37 Å². The monoisotopic (exact) mass is 296 g/mol. The number of halogens is 1. The van der Waals surface area contributed by atoms with Gasteiger partial charge in [0.2, 0.25) is 0 Å². The quantitative estimate of drug-likeness (QED) is 0.552. The van der Waals surface area contributed by atoms with E-state index in [4.69, 9.17) is 0 Å². The lowest BCUT2D eigenvalue weighted by Gasteiger charge is -2.20. The van der Waals surface area contributed by atoms with Crippen molar-refractivity contribution in [2.24, 2.45) is 0 Å². The van der Waals surface area contributed by atoms with E-state index in [9.17, 15) is 3.89 Å². The molecule has 2 N–H and O–H groups in total. The van der Waals surface area contributed by atoms with Crippen molar-refractivity contribution in [3.8, 4) is 0 Å². The van der Waals surface area contributed by atoms with E-state index < -0.39 is 0 Å². The van der Waals surface area contributed by atoms with Crippen molar-refractivity contribution >= 4 is 12.1 Å². The molecule has 0 bridgehead atoms. The summed E-state index contributed by atoms with van der Waals surface area (Å²) in [5, 5.41) is 5.95. The van der Waals surface area contributed by atoms with Gasteiger partial charge in [0.15, 0.2) is 0 Å². The maximum atomic E-state index is 13.1. The van der Waals surface area contributed by atoms with Crippen LogP contribution < -0.4 is 10.6 Å². The summed E-state index contributed by atoms with van der Waals surface area (Å²) >= 11 is 0.348. The highest BCUT2D eigenvalue weighted by Crippen LogP contribution is 2.29. The third kappa shape index (κ3) is 5.55. The fourth-order valence-corrected chi connectivity index (χ4v) is 2.33. The first-order valence-corrected chi connectivity index (χ1v) is 7.72. The molecule has 1 unspecified atom stereocenters. The second-order valence-corrected chi connectivity index (χ2v) is 6.46. The highest BCUT2D eigenvalue weighted by Gasteiger charge is 2.16. The molecule has 1 aromatic rings. The molecule has 1 atom stereocenters. The molecule has 4 heteroatoms. The first kappa shape index (κ1) is 17.1. The zero-order valence-electron chi connectivity index (χ0n) is 12.6. The molecule has 0 heterocycles. The van der Waals surface area contributed by atoms with Gasteiger partial charge < -0.3 is 5.32 Å².